The van der Waals surface area contributed by atoms with E-state index in [1.54, 1.807) is 40.0 Å². The molecule has 172 valence electrons. The molecular formula is C22H24N6O5. The summed E-state index contributed by atoms with van der Waals surface area (Å²) in [6.07, 6.45) is 5.37. The number of ether oxygens (including phenoxy) is 3. The molecule has 4 aromatic rings. The molecule has 11 nitrogen and oxygen atoms in total. The summed E-state index contributed by atoms with van der Waals surface area (Å²) in [6.45, 7) is 1.19. The number of furan rings is 1. The Bertz CT molecular complexity index is 1260. The second-order valence-electron chi connectivity index (χ2n) is 7.57. The molecule has 0 saturated carbocycles. The van der Waals surface area contributed by atoms with Crippen molar-refractivity contribution >= 4 is 28.7 Å². The topological polar surface area (TPSA) is 120 Å². The van der Waals surface area contributed by atoms with Crippen molar-refractivity contribution in [2.75, 3.05) is 44.6 Å². The molecule has 11 heteroatoms. The van der Waals surface area contributed by atoms with E-state index in [1.807, 2.05) is 27.8 Å². The number of methoxy groups -OCH3 is 3. The second-order valence-corrected chi connectivity index (χ2v) is 7.57. The van der Waals surface area contributed by atoms with Gasteiger partial charge in [-0.2, -0.15) is 4.98 Å². The number of fused-ring (bicyclic) bond motifs is 1. The molecule has 33 heavy (non-hydrogen) atoms. The van der Waals surface area contributed by atoms with Gasteiger partial charge < -0.3 is 38.5 Å². The van der Waals surface area contributed by atoms with Gasteiger partial charge in [0.25, 0.3) is 0 Å². The number of rotatable bonds is 7. The van der Waals surface area contributed by atoms with Crippen LogP contribution in [0.3, 0.4) is 0 Å². The van der Waals surface area contributed by atoms with Crippen molar-refractivity contribution in [3.8, 4) is 22.9 Å². The van der Waals surface area contributed by atoms with E-state index < -0.39 is 0 Å². The molecule has 1 fully saturated rings. The van der Waals surface area contributed by atoms with Gasteiger partial charge in [-0.1, -0.05) is 0 Å². The predicted octanol–water partition coefficient (Wildman–Crippen LogP) is 2.75. The molecule has 0 bridgehead atoms. The molecule has 0 radical (unpaired) electrons. The van der Waals surface area contributed by atoms with Gasteiger partial charge in [-0.3, -0.25) is 0 Å². The van der Waals surface area contributed by atoms with Gasteiger partial charge in [0.05, 0.1) is 45.6 Å². The van der Waals surface area contributed by atoms with Crippen molar-refractivity contribution in [3.63, 3.8) is 0 Å². The molecule has 5 rings (SSSR count). The van der Waals surface area contributed by atoms with Crippen molar-refractivity contribution < 1.29 is 23.7 Å². The quantitative estimate of drug-likeness (QED) is 0.433. The Hall–Kier alpha value is -3.99. The van der Waals surface area contributed by atoms with Crippen molar-refractivity contribution in [2.24, 2.45) is 0 Å². The van der Waals surface area contributed by atoms with Crippen LogP contribution in [-0.2, 0) is 0 Å². The first kappa shape index (κ1) is 20.9. The zero-order valence-corrected chi connectivity index (χ0v) is 18.5. The SMILES string of the molecule is COc1cc(-n2cnc(Nc3nc(N4CC[C@H](O)C4)nc4ccoc34)c2)cc(OC)c1OC. The summed E-state index contributed by atoms with van der Waals surface area (Å²) in [5.41, 5.74) is 1.98. The van der Waals surface area contributed by atoms with Crippen LogP contribution in [0.15, 0.2) is 41.4 Å². The van der Waals surface area contributed by atoms with Crippen molar-refractivity contribution in [1.82, 2.24) is 19.5 Å². The number of hydrogen-bond acceptors (Lipinski definition) is 10. The molecule has 2 N–H and O–H groups in total. The highest BCUT2D eigenvalue weighted by atomic mass is 16.5. The van der Waals surface area contributed by atoms with Gasteiger partial charge >= 0.3 is 0 Å². The van der Waals surface area contributed by atoms with Crippen LogP contribution in [0.4, 0.5) is 17.6 Å². The number of imidazole rings is 1. The predicted molar refractivity (Wildman–Crippen MR) is 121 cm³/mol. The summed E-state index contributed by atoms with van der Waals surface area (Å²) >= 11 is 0. The smallest absolute Gasteiger partial charge is 0.228 e. The second kappa shape index (κ2) is 8.51. The number of benzene rings is 1. The Kier molecular flexibility index (Phi) is 5.38. The molecule has 4 heterocycles. The van der Waals surface area contributed by atoms with Crippen molar-refractivity contribution in [3.05, 3.63) is 37.0 Å². The summed E-state index contributed by atoms with van der Waals surface area (Å²) < 4.78 is 23.7. The third-order valence-electron chi connectivity index (χ3n) is 5.51. The Labute approximate surface area is 189 Å². The van der Waals surface area contributed by atoms with E-state index in [-0.39, 0.29) is 6.10 Å². The number of hydrogen-bond donors (Lipinski definition) is 2. The largest absolute Gasteiger partial charge is 0.493 e. The lowest BCUT2D eigenvalue weighted by Gasteiger charge is -2.16. The van der Waals surface area contributed by atoms with Gasteiger partial charge in [0.2, 0.25) is 11.7 Å². The number of anilines is 3. The fraction of sp³-hybridized carbons (Fsp3) is 0.318. The van der Waals surface area contributed by atoms with Crippen LogP contribution in [0.2, 0.25) is 0 Å². The third-order valence-corrected chi connectivity index (χ3v) is 5.51. The molecule has 1 aliphatic rings. The third kappa shape index (κ3) is 3.87. The maximum Gasteiger partial charge on any atom is 0.228 e. The summed E-state index contributed by atoms with van der Waals surface area (Å²) in [6, 6.07) is 5.45. The Morgan fingerprint density at radius 3 is 2.58 bits per heavy atom. The van der Waals surface area contributed by atoms with E-state index in [4.69, 9.17) is 18.6 Å². The average molecular weight is 452 g/mol. The highest BCUT2D eigenvalue weighted by Crippen LogP contribution is 2.39. The fourth-order valence-electron chi connectivity index (χ4n) is 3.87. The summed E-state index contributed by atoms with van der Waals surface area (Å²) in [4.78, 5) is 15.6. The highest BCUT2D eigenvalue weighted by Gasteiger charge is 2.24. The molecule has 1 atom stereocenters. The number of aliphatic hydroxyl groups is 1. The maximum atomic E-state index is 9.89. The lowest BCUT2D eigenvalue weighted by molar-refractivity contribution is 0.198. The molecular weight excluding hydrogens is 428 g/mol. The molecule has 0 spiro atoms. The lowest BCUT2D eigenvalue weighted by atomic mass is 10.2. The van der Waals surface area contributed by atoms with Gasteiger partial charge in [0.1, 0.15) is 17.7 Å². The number of aromatic nitrogens is 4. The lowest BCUT2D eigenvalue weighted by Crippen LogP contribution is -2.23. The van der Waals surface area contributed by atoms with Gasteiger partial charge in [0, 0.05) is 31.3 Å². The monoisotopic (exact) mass is 452 g/mol. The molecule has 0 amide bonds. The number of aliphatic hydroxyl groups excluding tert-OH is 1. The Morgan fingerprint density at radius 1 is 1.12 bits per heavy atom. The van der Waals surface area contributed by atoms with E-state index in [9.17, 15) is 5.11 Å². The molecule has 0 unspecified atom stereocenters. The van der Waals surface area contributed by atoms with Crippen LogP contribution in [0, 0.1) is 0 Å². The minimum atomic E-state index is -0.376. The van der Waals surface area contributed by atoms with E-state index >= 15 is 0 Å². The van der Waals surface area contributed by atoms with E-state index in [1.165, 1.54) is 0 Å². The highest BCUT2D eigenvalue weighted by molar-refractivity contribution is 5.86. The van der Waals surface area contributed by atoms with Crippen LogP contribution in [0.1, 0.15) is 6.42 Å². The summed E-state index contributed by atoms with van der Waals surface area (Å²) in [5.74, 6) is 3.19. The molecule has 1 aromatic carbocycles. The zero-order valence-electron chi connectivity index (χ0n) is 18.5. The van der Waals surface area contributed by atoms with Crippen molar-refractivity contribution in [1.29, 1.82) is 0 Å². The zero-order chi connectivity index (χ0) is 22.9. The van der Waals surface area contributed by atoms with Gasteiger partial charge in [-0.15, -0.1) is 0 Å². The van der Waals surface area contributed by atoms with Crippen LogP contribution in [0.5, 0.6) is 17.2 Å². The van der Waals surface area contributed by atoms with E-state index in [0.29, 0.717) is 65.4 Å². The fourth-order valence-corrected chi connectivity index (χ4v) is 3.87. The van der Waals surface area contributed by atoms with E-state index in [0.717, 1.165) is 5.69 Å². The van der Waals surface area contributed by atoms with Crippen LogP contribution in [0.25, 0.3) is 16.8 Å². The molecule has 0 aliphatic carbocycles. The first-order valence-corrected chi connectivity index (χ1v) is 10.4. The van der Waals surface area contributed by atoms with Gasteiger partial charge in [-0.25, -0.2) is 9.97 Å². The Morgan fingerprint density at radius 2 is 1.91 bits per heavy atom. The van der Waals surface area contributed by atoms with Gasteiger partial charge in [0.15, 0.2) is 22.9 Å². The summed E-state index contributed by atoms with van der Waals surface area (Å²) in [5, 5.41) is 13.1. The number of nitrogens with one attached hydrogen (secondary N) is 1. The van der Waals surface area contributed by atoms with Crippen LogP contribution >= 0.6 is 0 Å². The first-order valence-electron chi connectivity index (χ1n) is 10.4. The Balaban J connectivity index is 1.47. The number of nitrogens with zero attached hydrogens (tertiary/aromatic N) is 5. The van der Waals surface area contributed by atoms with Gasteiger partial charge in [-0.05, 0) is 6.42 Å². The minimum absolute atomic E-state index is 0.376. The van der Waals surface area contributed by atoms with Crippen molar-refractivity contribution in [2.45, 2.75) is 12.5 Å². The molecule has 1 saturated heterocycles. The molecule has 1 aliphatic heterocycles. The average Bonchev–Trinajstić information content (AvgIpc) is 3.58. The standard InChI is InChI=1S/C22H24N6O5/c1-30-16-8-13(9-17(31-2)20(16)32-3)28-11-18(23-12-28)25-21-19-15(5-7-33-19)24-22(26-21)27-6-4-14(29)10-27/h5,7-9,11-12,14,29H,4,6,10H2,1-3H3,(H,24,25,26)/t14-/m0/s1. The normalized spacial score (nSPS) is 15.8. The number of β-amino-alcohol motifs (C(OH)–C–C–N with tert-alkyl or cyclic N) is 1. The first-order chi connectivity index (χ1) is 16.1. The maximum absolute atomic E-state index is 9.89. The van der Waals surface area contributed by atoms with E-state index in [2.05, 4.69) is 20.3 Å². The minimum Gasteiger partial charge on any atom is -0.493 e. The summed E-state index contributed by atoms with van der Waals surface area (Å²) in [7, 11) is 4.71. The van der Waals surface area contributed by atoms with Crippen LogP contribution < -0.4 is 24.4 Å². The van der Waals surface area contributed by atoms with Crippen LogP contribution in [-0.4, -0.2) is 65.1 Å². The molecule has 3 aromatic heterocycles.